The van der Waals surface area contributed by atoms with Gasteiger partial charge in [0.25, 0.3) is 0 Å². The Morgan fingerprint density at radius 1 is 1.37 bits per heavy atom. The maximum Gasteiger partial charge on any atom is 0.191 e. The highest BCUT2D eigenvalue weighted by molar-refractivity contribution is 7.99. The second-order valence-electron chi connectivity index (χ2n) is 4.38. The van der Waals surface area contributed by atoms with Gasteiger partial charge in [-0.05, 0) is 25.0 Å². The SMILES string of the molecule is Clc1ccccc1OCCSc1nncn1C1CC1. The number of nitrogens with zero attached hydrogens (tertiary/aromatic N) is 3. The zero-order valence-corrected chi connectivity index (χ0v) is 11.9. The Bertz CT molecular complexity index is 556. The molecule has 1 saturated carbocycles. The van der Waals surface area contributed by atoms with Crippen molar-refractivity contribution >= 4 is 23.4 Å². The van der Waals surface area contributed by atoms with Crippen LogP contribution in [0.5, 0.6) is 5.75 Å². The van der Waals surface area contributed by atoms with Gasteiger partial charge in [0, 0.05) is 11.8 Å². The standard InChI is InChI=1S/C13H14ClN3OS/c14-11-3-1-2-4-12(11)18-7-8-19-13-16-15-9-17(13)10-5-6-10/h1-4,9-10H,5-8H2. The molecule has 0 bridgehead atoms. The van der Waals surface area contributed by atoms with Gasteiger partial charge in [-0.3, -0.25) is 0 Å². The third kappa shape index (κ3) is 3.22. The summed E-state index contributed by atoms with van der Waals surface area (Å²) >= 11 is 7.69. The van der Waals surface area contributed by atoms with Crippen molar-refractivity contribution in [1.29, 1.82) is 0 Å². The van der Waals surface area contributed by atoms with E-state index >= 15 is 0 Å². The van der Waals surface area contributed by atoms with Crippen LogP contribution in [-0.4, -0.2) is 27.1 Å². The van der Waals surface area contributed by atoms with Crippen LogP contribution in [0.4, 0.5) is 0 Å². The first-order valence-corrected chi connectivity index (χ1v) is 7.60. The van der Waals surface area contributed by atoms with E-state index in [1.54, 1.807) is 11.8 Å². The summed E-state index contributed by atoms with van der Waals surface area (Å²) in [5, 5.41) is 9.72. The van der Waals surface area contributed by atoms with Crippen molar-refractivity contribution in [3.8, 4) is 5.75 Å². The molecular formula is C13H14ClN3OS. The zero-order valence-electron chi connectivity index (χ0n) is 10.3. The normalized spacial score (nSPS) is 14.6. The van der Waals surface area contributed by atoms with E-state index in [1.165, 1.54) is 12.8 Å². The second kappa shape index (κ2) is 5.84. The highest BCUT2D eigenvalue weighted by Gasteiger charge is 2.26. The molecule has 0 saturated heterocycles. The molecule has 0 spiro atoms. The summed E-state index contributed by atoms with van der Waals surface area (Å²) in [6, 6.07) is 8.12. The molecule has 1 fully saturated rings. The number of hydrogen-bond donors (Lipinski definition) is 0. The molecule has 0 N–H and O–H groups in total. The summed E-state index contributed by atoms with van der Waals surface area (Å²) in [6.07, 6.45) is 4.29. The molecule has 19 heavy (non-hydrogen) atoms. The molecule has 1 heterocycles. The molecule has 1 aromatic carbocycles. The first kappa shape index (κ1) is 12.8. The van der Waals surface area contributed by atoms with Crippen molar-refractivity contribution in [2.75, 3.05) is 12.4 Å². The molecule has 0 unspecified atom stereocenters. The lowest BCUT2D eigenvalue weighted by molar-refractivity contribution is 0.344. The molecule has 0 radical (unpaired) electrons. The molecule has 1 aliphatic rings. The molecule has 2 aromatic rings. The quantitative estimate of drug-likeness (QED) is 0.604. The number of aromatic nitrogens is 3. The fourth-order valence-electron chi connectivity index (χ4n) is 1.78. The number of halogens is 1. The number of ether oxygens (including phenoxy) is 1. The van der Waals surface area contributed by atoms with Crippen molar-refractivity contribution < 1.29 is 4.74 Å². The van der Waals surface area contributed by atoms with Crippen LogP contribution in [0.3, 0.4) is 0 Å². The molecule has 100 valence electrons. The zero-order chi connectivity index (χ0) is 13.1. The summed E-state index contributed by atoms with van der Waals surface area (Å²) in [5.41, 5.74) is 0. The van der Waals surface area contributed by atoms with Gasteiger partial charge in [-0.15, -0.1) is 10.2 Å². The van der Waals surface area contributed by atoms with Crippen molar-refractivity contribution in [3.05, 3.63) is 35.6 Å². The molecule has 1 aromatic heterocycles. The fourth-order valence-corrected chi connectivity index (χ4v) is 2.77. The van der Waals surface area contributed by atoms with E-state index in [1.807, 2.05) is 30.6 Å². The van der Waals surface area contributed by atoms with Gasteiger partial charge in [0.15, 0.2) is 5.16 Å². The van der Waals surface area contributed by atoms with Crippen LogP contribution < -0.4 is 4.74 Å². The Kier molecular flexibility index (Phi) is 3.94. The summed E-state index contributed by atoms with van der Waals surface area (Å²) < 4.78 is 7.79. The van der Waals surface area contributed by atoms with E-state index in [4.69, 9.17) is 16.3 Å². The fraction of sp³-hybridized carbons (Fsp3) is 0.385. The highest BCUT2D eigenvalue weighted by Crippen LogP contribution is 2.37. The highest BCUT2D eigenvalue weighted by atomic mass is 35.5. The van der Waals surface area contributed by atoms with Crippen LogP contribution in [0.1, 0.15) is 18.9 Å². The predicted molar refractivity (Wildman–Crippen MR) is 76.0 cm³/mol. The van der Waals surface area contributed by atoms with Gasteiger partial charge >= 0.3 is 0 Å². The predicted octanol–water partition coefficient (Wildman–Crippen LogP) is 3.44. The van der Waals surface area contributed by atoms with Crippen LogP contribution in [0, 0.1) is 0 Å². The number of para-hydroxylation sites is 1. The molecule has 0 amide bonds. The monoisotopic (exact) mass is 295 g/mol. The van der Waals surface area contributed by atoms with Gasteiger partial charge in [0.2, 0.25) is 0 Å². The number of benzene rings is 1. The second-order valence-corrected chi connectivity index (χ2v) is 5.85. The van der Waals surface area contributed by atoms with Crippen LogP contribution in [0.2, 0.25) is 5.02 Å². The first-order valence-electron chi connectivity index (χ1n) is 6.24. The molecule has 6 heteroatoms. The number of rotatable bonds is 6. The third-order valence-electron chi connectivity index (χ3n) is 2.89. The van der Waals surface area contributed by atoms with E-state index in [9.17, 15) is 0 Å². The van der Waals surface area contributed by atoms with E-state index in [2.05, 4.69) is 14.8 Å². The van der Waals surface area contributed by atoms with E-state index in [0.29, 0.717) is 17.7 Å². The topological polar surface area (TPSA) is 39.9 Å². The largest absolute Gasteiger partial charge is 0.491 e. The lowest BCUT2D eigenvalue weighted by atomic mass is 10.3. The number of thioether (sulfide) groups is 1. The van der Waals surface area contributed by atoms with Crippen LogP contribution in [-0.2, 0) is 0 Å². The van der Waals surface area contributed by atoms with Gasteiger partial charge in [-0.2, -0.15) is 0 Å². The van der Waals surface area contributed by atoms with Gasteiger partial charge in [0.1, 0.15) is 12.1 Å². The van der Waals surface area contributed by atoms with Crippen molar-refractivity contribution in [2.45, 2.75) is 24.0 Å². The van der Waals surface area contributed by atoms with Crippen molar-refractivity contribution in [1.82, 2.24) is 14.8 Å². The van der Waals surface area contributed by atoms with Gasteiger partial charge < -0.3 is 9.30 Å². The lowest BCUT2D eigenvalue weighted by Gasteiger charge is -2.07. The molecule has 1 aliphatic carbocycles. The van der Waals surface area contributed by atoms with Gasteiger partial charge in [-0.1, -0.05) is 35.5 Å². The molecule has 4 nitrogen and oxygen atoms in total. The van der Waals surface area contributed by atoms with Crippen molar-refractivity contribution in [3.63, 3.8) is 0 Å². The van der Waals surface area contributed by atoms with Crippen LogP contribution in [0.15, 0.2) is 35.7 Å². The Morgan fingerprint density at radius 2 is 2.21 bits per heavy atom. The Labute approximate surface area is 121 Å². The first-order chi connectivity index (χ1) is 9.34. The van der Waals surface area contributed by atoms with E-state index in [0.717, 1.165) is 16.7 Å². The Balaban J connectivity index is 1.48. The smallest absolute Gasteiger partial charge is 0.191 e. The minimum atomic E-state index is 0.603. The molecule has 0 aliphatic heterocycles. The lowest BCUT2D eigenvalue weighted by Crippen LogP contribution is -2.02. The molecule has 0 atom stereocenters. The minimum absolute atomic E-state index is 0.603. The van der Waals surface area contributed by atoms with E-state index in [-0.39, 0.29) is 0 Å². The molecular weight excluding hydrogens is 282 g/mol. The van der Waals surface area contributed by atoms with Crippen LogP contribution >= 0.6 is 23.4 Å². The average Bonchev–Trinajstić information content (AvgIpc) is 3.16. The van der Waals surface area contributed by atoms with Gasteiger partial charge in [-0.25, -0.2) is 0 Å². The third-order valence-corrected chi connectivity index (χ3v) is 4.12. The minimum Gasteiger partial charge on any atom is -0.491 e. The molecule has 3 rings (SSSR count). The maximum atomic E-state index is 6.02. The Morgan fingerprint density at radius 3 is 3.00 bits per heavy atom. The van der Waals surface area contributed by atoms with Gasteiger partial charge in [0.05, 0.1) is 11.6 Å². The van der Waals surface area contributed by atoms with E-state index < -0.39 is 0 Å². The van der Waals surface area contributed by atoms with Crippen LogP contribution in [0.25, 0.3) is 0 Å². The summed E-state index contributed by atoms with van der Waals surface area (Å²) in [6.45, 7) is 0.603. The summed E-state index contributed by atoms with van der Waals surface area (Å²) in [4.78, 5) is 0. The maximum absolute atomic E-state index is 6.02. The Hall–Kier alpha value is -1.20. The summed E-state index contributed by atoms with van der Waals surface area (Å²) in [7, 11) is 0. The average molecular weight is 296 g/mol. The summed E-state index contributed by atoms with van der Waals surface area (Å²) in [5.74, 6) is 1.56. The van der Waals surface area contributed by atoms with Crippen molar-refractivity contribution in [2.24, 2.45) is 0 Å². The number of hydrogen-bond acceptors (Lipinski definition) is 4.